The molecule has 0 radical (unpaired) electrons. The van der Waals surface area contributed by atoms with Gasteiger partial charge < -0.3 is 10.6 Å². The second-order valence-electron chi connectivity index (χ2n) is 7.01. The number of nitrogens with one attached hydrogen (secondary N) is 3. The molecule has 0 fully saturated rings. The van der Waals surface area contributed by atoms with Crippen LogP contribution in [0.5, 0.6) is 0 Å². The fourth-order valence-corrected chi connectivity index (χ4v) is 3.53. The summed E-state index contributed by atoms with van der Waals surface area (Å²) in [5, 5.41) is 15.1. The number of benzene rings is 3. The average Bonchev–Trinajstić information content (AvgIpc) is 2.78. The lowest BCUT2D eigenvalue weighted by Gasteiger charge is -2.27. The van der Waals surface area contributed by atoms with Crippen LogP contribution < -0.4 is 16.1 Å². The minimum absolute atomic E-state index is 0.101. The van der Waals surface area contributed by atoms with E-state index >= 15 is 0 Å². The topological polar surface area (TPSA) is 90.5 Å². The third kappa shape index (κ3) is 4.12. The third-order valence-corrected chi connectivity index (χ3v) is 5.06. The van der Waals surface area contributed by atoms with Crippen molar-refractivity contribution in [2.75, 3.05) is 11.9 Å². The minimum atomic E-state index is -0.558. The summed E-state index contributed by atoms with van der Waals surface area (Å²) in [6.45, 7) is 0.604. The number of rotatable bonds is 4. The standard InChI is InChI=1S/C23H21N3O3/c27-22(17-8-6-16(7-9-17)15-4-2-1-3-5-15)25-20-13-19-12-18(23(28)26-29)10-11-21(19)24-14-20/h1-12,20,24,29H,13-14H2,(H,25,27)(H,26,28). The number of hydrogen-bond donors (Lipinski definition) is 4. The van der Waals surface area contributed by atoms with Crippen molar-refractivity contribution in [2.24, 2.45) is 0 Å². The molecule has 3 aromatic carbocycles. The first kappa shape index (κ1) is 18.7. The smallest absolute Gasteiger partial charge is 0.274 e. The van der Waals surface area contributed by atoms with E-state index in [0.29, 0.717) is 24.1 Å². The maximum atomic E-state index is 12.7. The van der Waals surface area contributed by atoms with E-state index in [-0.39, 0.29) is 11.9 Å². The van der Waals surface area contributed by atoms with Crippen molar-refractivity contribution in [2.45, 2.75) is 12.5 Å². The van der Waals surface area contributed by atoms with E-state index in [1.165, 1.54) is 0 Å². The van der Waals surface area contributed by atoms with Gasteiger partial charge in [0.2, 0.25) is 0 Å². The number of carbonyl (C=O) groups excluding carboxylic acids is 2. The highest BCUT2D eigenvalue weighted by Gasteiger charge is 2.21. The zero-order valence-electron chi connectivity index (χ0n) is 15.7. The van der Waals surface area contributed by atoms with Gasteiger partial charge in [-0.1, -0.05) is 42.5 Å². The SMILES string of the molecule is O=C(NO)c1ccc2c(c1)CC(NC(=O)c1ccc(-c3ccccc3)cc1)CN2. The molecule has 3 aromatic rings. The van der Waals surface area contributed by atoms with Crippen LogP contribution in [0.15, 0.2) is 72.8 Å². The summed E-state index contributed by atoms with van der Waals surface area (Å²) in [4.78, 5) is 24.3. The molecule has 4 rings (SSSR count). The first-order chi connectivity index (χ1) is 14.1. The summed E-state index contributed by atoms with van der Waals surface area (Å²) >= 11 is 0. The zero-order chi connectivity index (χ0) is 20.2. The lowest BCUT2D eigenvalue weighted by Crippen LogP contribution is -2.43. The van der Waals surface area contributed by atoms with Gasteiger partial charge in [0, 0.05) is 23.4 Å². The quantitative estimate of drug-likeness (QED) is 0.409. The Morgan fingerprint density at radius 3 is 2.28 bits per heavy atom. The molecule has 1 aliphatic rings. The van der Waals surface area contributed by atoms with Crippen LogP contribution in [0.3, 0.4) is 0 Å². The van der Waals surface area contributed by atoms with Gasteiger partial charge in [0.05, 0.1) is 6.04 Å². The van der Waals surface area contributed by atoms with E-state index in [4.69, 9.17) is 5.21 Å². The van der Waals surface area contributed by atoms with Crippen molar-refractivity contribution in [3.05, 3.63) is 89.5 Å². The number of anilines is 1. The van der Waals surface area contributed by atoms with Crippen molar-refractivity contribution in [1.82, 2.24) is 10.8 Å². The Balaban J connectivity index is 1.43. The van der Waals surface area contributed by atoms with Crippen LogP contribution in [0.25, 0.3) is 11.1 Å². The monoisotopic (exact) mass is 387 g/mol. The van der Waals surface area contributed by atoms with Crippen LogP contribution in [0.2, 0.25) is 0 Å². The van der Waals surface area contributed by atoms with Crippen LogP contribution >= 0.6 is 0 Å². The summed E-state index contributed by atoms with van der Waals surface area (Å²) in [6, 6.07) is 22.6. The Kier molecular flexibility index (Phi) is 5.27. The molecular formula is C23H21N3O3. The summed E-state index contributed by atoms with van der Waals surface area (Å²) < 4.78 is 0. The molecule has 0 saturated heterocycles. The predicted molar refractivity (Wildman–Crippen MR) is 111 cm³/mol. The molecule has 0 aliphatic carbocycles. The van der Waals surface area contributed by atoms with Gasteiger partial charge in [-0.05, 0) is 53.4 Å². The molecule has 6 nitrogen and oxygen atoms in total. The summed E-state index contributed by atoms with van der Waals surface area (Å²) in [5.41, 5.74) is 6.63. The lowest BCUT2D eigenvalue weighted by molar-refractivity contribution is 0.0706. The highest BCUT2D eigenvalue weighted by molar-refractivity contribution is 5.95. The molecule has 4 N–H and O–H groups in total. The first-order valence-electron chi connectivity index (χ1n) is 9.41. The van der Waals surface area contributed by atoms with Gasteiger partial charge in [-0.15, -0.1) is 0 Å². The van der Waals surface area contributed by atoms with Crippen LogP contribution in [-0.4, -0.2) is 29.6 Å². The van der Waals surface area contributed by atoms with Crippen molar-refractivity contribution in [1.29, 1.82) is 0 Å². The molecule has 1 unspecified atom stereocenters. The number of hydroxylamine groups is 1. The van der Waals surface area contributed by atoms with Crippen LogP contribution in [-0.2, 0) is 6.42 Å². The molecule has 2 amide bonds. The summed E-state index contributed by atoms with van der Waals surface area (Å²) in [7, 11) is 0. The van der Waals surface area contributed by atoms with Gasteiger partial charge in [0.25, 0.3) is 11.8 Å². The van der Waals surface area contributed by atoms with Crippen LogP contribution in [0.4, 0.5) is 5.69 Å². The fraction of sp³-hybridized carbons (Fsp3) is 0.130. The number of fused-ring (bicyclic) bond motifs is 1. The van der Waals surface area contributed by atoms with E-state index in [9.17, 15) is 9.59 Å². The van der Waals surface area contributed by atoms with Gasteiger partial charge in [-0.2, -0.15) is 0 Å². The average molecular weight is 387 g/mol. The zero-order valence-corrected chi connectivity index (χ0v) is 15.7. The van der Waals surface area contributed by atoms with Crippen molar-refractivity contribution >= 4 is 17.5 Å². The van der Waals surface area contributed by atoms with E-state index < -0.39 is 5.91 Å². The number of carbonyl (C=O) groups is 2. The molecule has 1 atom stereocenters. The largest absolute Gasteiger partial charge is 0.383 e. The molecular weight excluding hydrogens is 366 g/mol. The highest BCUT2D eigenvalue weighted by atomic mass is 16.5. The number of amides is 2. The van der Waals surface area contributed by atoms with Gasteiger partial charge in [0.15, 0.2) is 0 Å². The Morgan fingerprint density at radius 2 is 1.55 bits per heavy atom. The maximum absolute atomic E-state index is 12.7. The fourth-order valence-electron chi connectivity index (χ4n) is 3.53. The summed E-state index contributed by atoms with van der Waals surface area (Å²) in [6.07, 6.45) is 0.600. The van der Waals surface area contributed by atoms with Crippen LogP contribution in [0, 0.1) is 0 Å². The van der Waals surface area contributed by atoms with E-state index in [1.807, 2.05) is 54.6 Å². The third-order valence-electron chi connectivity index (χ3n) is 5.06. The summed E-state index contributed by atoms with van der Waals surface area (Å²) in [5.74, 6) is -0.693. The normalized spacial score (nSPS) is 15.0. The molecule has 0 bridgehead atoms. The van der Waals surface area contributed by atoms with Crippen molar-refractivity contribution in [3.8, 4) is 11.1 Å². The molecule has 0 saturated carbocycles. The molecule has 0 spiro atoms. The Morgan fingerprint density at radius 1 is 0.862 bits per heavy atom. The van der Waals surface area contributed by atoms with Gasteiger partial charge in [0.1, 0.15) is 0 Å². The second-order valence-corrected chi connectivity index (χ2v) is 7.01. The van der Waals surface area contributed by atoms with Gasteiger partial charge >= 0.3 is 0 Å². The Hall–Kier alpha value is -3.64. The van der Waals surface area contributed by atoms with Gasteiger partial charge in [-0.25, -0.2) is 5.48 Å². The van der Waals surface area contributed by atoms with Crippen molar-refractivity contribution < 1.29 is 14.8 Å². The molecule has 6 heteroatoms. The first-order valence-corrected chi connectivity index (χ1v) is 9.41. The van der Waals surface area contributed by atoms with E-state index in [2.05, 4.69) is 10.6 Å². The molecule has 1 aliphatic heterocycles. The van der Waals surface area contributed by atoms with Crippen LogP contribution in [0.1, 0.15) is 26.3 Å². The second kappa shape index (κ2) is 8.16. The van der Waals surface area contributed by atoms with Crippen molar-refractivity contribution in [3.63, 3.8) is 0 Å². The predicted octanol–water partition coefficient (Wildman–Crippen LogP) is 3.24. The Bertz CT molecular complexity index is 1030. The number of hydrogen-bond acceptors (Lipinski definition) is 4. The minimum Gasteiger partial charge on any atom is -0.383 e. The van der Waals surface area contributed by atoms with Gasteiger partial charge in [-0.3, -0.25) is 14.8 Å². The Labute approximate surface area is 168 Å². The maximum Gasteiger partial charge on any atom is 0.274 e. The molecule has 146 valence electrons. The molecule has 29 heavy (non-hydrogen) atoms. The molecule has 1 heterocycles. The molecule has 0 aromatic heterocycles. The lowest BCUT2D eigenvalue weighted by atomic mass is 9.97. The van der Waals surface area contributed by atoms with E-state index in [0.717, 1.165) is 22.4 Å². The van der Waals surface area contributed by atoms with E-state index in [1.54, 1.807) is 23.7 Å². The highest BCUT2D eigenvalue weighted by Crippen LogP contribution is 2.24.